The van der Waals surface area contributed by atoms with E-state index in [0.29, 0.717) is 30.2 Å². The van der Waals surface area contributed by atoms with Crippen molar-refractivity contribution in [1.82, 2.24) is 14.3 Å². The molecule has 0 bridgehead atoms. The van der Waals surface area contributed by atoms with E-state index in [1.807, 2.05) is 55.3 Å². The molecule has 7 nitrogen and oxygen atoms in total. The molecule has 0 spiro atoms. The highest BCUT2D eigenvalue weighted by Gasteiger charge is 2.32. The third-order valence-electron chi connectivity index (χ3n) is 6.23. The Morgan fingerprint density at radius 2 is 1.76 bits per heavy atom. The van der Waals surface area contributed by atoms with Gasteiger partial charge in [-0.25, -0.2) is 17.8 Å². The Bertz CT molecular complexity index is 1510. The molecule has 0 fully saturated rings. The van der Waals surface area contributed by atoms with Crippen LogP contribution in [-0.2, 0) is 29.5 Å². The highest BCUT2D eigenvalue weighted by Crippen LogP contribution is 2.33. The van der Waals surface area contributed by atoms with Crippen LogP contribution in [0.2, 0.25) is 0 Å². The predicted molar refractivity (Wildman–Crippen MR) is 140 cm³/mol. The number of fused-ring (bicyclic) bond motifs is 1. The van der Waals surface area contributed by atoms with Gasteiger partial charge in [0, 0.05) is 33.1 Å². The van der Waals surface area contributed by atoms with E-state index in [4.69, 9.17) is 9.72 Å². The minimum atomic E-state index is -3.73. The zero-order valence-electron chi connectivity index (χ0n) is 20.6. The van der Waals surface area contributed by atoms with E-state index in [1.54, 1.807) is 18.2 Å². The molecule has 1 aromatic heterocycles. The largest absolute Gasteiger partial charge is 0.438 e. The summed E-state index contributed by atoms with van der Waals surface area (Å²) in [5.41, 5.74) is 3.30. The van der Waals surface area contributed by atoms with Crippen molar-refractivity contribution in [2.75, 3.05) is 18.5 Å². The average molecular weight is 519 g/mol. The lowest BCUT2D eigenvalue weighted by atomic mass is 10.1. The van der Waals surface area contributed by atoms with Crippen molar-refractivity contribution in [1.29, 1.82) is 0 Å². The molecule has 1 aliphatic rings. The minimum Gasteiger partial charge on any atom is -0.438 e. The van der Waals surface area contributed by atoms with E-state index >= 15 is 0 Å². The van der Waals surface area contributed by atoms with Crippen molar-refractivity contribution in [3.05, 3.63) is 107 Å². The van der Waals surface area contributed by atoms with Crippen molar-refractivity contribution in [3.8, 4) is 11.6 Å². The highest BCUT2D eigenvalue weighted by molar-refractivity contribution is 7.89. The number of aromatic nitrogens is 2. The molecule has 0 unspecified atom stereocenters. The van der Waals surface area contributed by atoms with E-state index in [0.717, 1.165) is 16.8 Å². The van der Waals surface area contributed by atoms with Gasteiger partial charge in [0.15, 0.2) is 0 Å². The molecule has 2 heterocycles. The van der Waals surface area contributed by atoms with Crippen molar-refractivity contribution in [2.45, 2.75) is 31.3 Å². The van der Waals surface area contributed by atoms with Crippen LogP contribution in [0.1, 0.15) is 22.4 Å². The third-order valence-corrected chi connectivity index (χ3v) is 8.08. The van der Waals surface area contributed by atoms with Gasteiger partial charge in [-0.15, -0.1) is 0 Å². The second kappa shape index (κ2) is 10.3. The van der Waals surface area contributed by atoms with Crippen LogP contribution in [0.3, 0.4) is 0 Å². The standard InChI is InChI=1S/C28H27FN4O3S/c1-20-7-6-10-24(17-20)37(34,35)33-16-15-26-25(19-33)27(36-23-13-11-22(29)12-14-23)31-28(30-26)32(2)18-21-8-4-3-5-9-21/h3-14,17H,15-16,18-19H2,1-2H3. The minimum absolute atomic E-state index is 0.0742. The maximum atomic E-state index is 13.5. The number of hydrogen-bond donors (Lipinski definition) is 0. The average Bonchev–Trinajstić information content (AvgIpc) is 2.90. The van der Waals surface area contributed by atoms with E-state index < -0.39 is 10.0 Å². The highest BCUT2D eigenvalue weighted by atomic mass is 32.2. The molecule has 0 radical (unpaired) electrons. The molecule has 9 heteroatoms. The first-order valence-electron chi connectivity index (χ1n) is 11.9. The number of aryl methyl sites for hydroxylation is 1. The Kier molecular flexibility index (Phi) is 6.90. The number of anilines is 1. The molecule has 0 saturated heterocycles. The lowest BCUT2D eigenvalue weighted by Crippen LogP contribution is -2.37. The summed E-state index contributed by atoms with van der Waals surface area (Å²) in [5.74, 6) is 0.749. The van der Waals surface area contributed by atoms with Crippen molar-refractivity contribution in [2.24, 2.45) is 0 Å². The summed E-state index contributed by atoms with van der Waals surface area (Å²) in [6.45, 7) is 2.81. The Morgan fingerprint density at radius 3 is 2.49 bits per heavy atom. The molecule has 0 amide bonds. The zero-order valence-corrected chi connectivity index (χ0v) is 21.5. The van der Waals surface area contributed by atoms with Crippen LogP contribution >= 0.6 is 0 Å². The molecule has 0 atom stereocenters. The maximum Gasteiger partial charge on any atom is 0.243 e. The molecule has 0 N–H and O–H groups in total. The van der Waals surface area contributed by atoms with E-state index in [9.17, 15) is 12.8 Å². The quantitative estimate of drug-likeness (QED) is 0.339. The number of ether oxygens (including phenoxy) is 1. The number of hydrogen-bond acceptors (Lipinski definition) is 6. The van der Waals surface area contributed by atoms with Gasteiger partial charge in [0.25, 0.3) is 0 Å². The van der Waals surface area contributed by atoms with Gasteiger partial charge in [0.1, 0.15) is 11.6 Å². The molecule has 0 aliphatic carbocycles. The summed E-state index contributed by atoms with van der Waals surface area (Å²) in [5, 5.41) is 0. The summed E-state index contributed by atoms with van der Waals surface area (Å²) < 4.78 is 47.9. The normalized spacial score (nSPS) is 13.7. The van der Waals surface area contributed by atoms with Gasteiger partial charge in [0.05, 0.1) is 16.2 Å². The van der Waals surface area contributed by atoms with Gasteiger partial charge in [-0.1, -0.05) is 42.5 Å². The molecular formula is C28H27FN4O3S. The van der Waals surface area contributed by atoms with Gasteiger partial charge < -0.3 is 9.64 Å². The summed E-state index contributed by atoms with van der Waals surface area (Å²) in [7, 11) is -1.83. The van der Waals surface area contributed by atoms with Crippen LogP contribution in [0, 0.1) is 12.7 Å². The van der Waals surface area contributed by atoms with Crippen LogP contribution in [0.15, 0.2) is 83.8 Å². The molecule has 190 valence electrons. The smallest absolute Gasteiger partial charge is 0.243 e. The van der Waals surface area contributed by atoms with Crippen LogP contribution < -0.4 is 9.64 Å². The van der Waals surface area contributed by atoms with Gasteiger partial charge in [-0.05, 0) is 54.4 Å². The molecule has 0 saturated carbocycles. The molecule has 3 aromatic carbocycles. The van der Waals surface area contributed by atoms with Gasteiger partial charge in [-0.2, -0.15) is 9.29 Å². The number of benzene rings is 3. The number of rotatable bonds is 7. The van der Waals surface area contributed by atoms with Crippen molar-refractivity contribution >= 4 is 16.0 Å². The first kappa shape index (κ1) is 24.9. The second-order valence-electron chi connectivity index (χ2n) is 9.06. The molecule has 5 rings (SSSR count). The first-order chi connectivity index (χ1) is 17.8. The fourth-order valence-electron chi connectivity index (χ4n) is 4.27. The van der Waals surface area contributed by atoms with Crippen LogP contribution in [-0.4, -0.2) is 36.3 Å². The van der Waals surface area contributed by atoms with Gasteiger partial charge in [0.2, 0.25) is 21.9 Å². The Labute approximate surface area is 216 Å². The van der Waals surface area contributed by atoms with Gasteiger partial charge in [-0.3, -0.25) is 0 Å². The first-order valence-corrected chi connectivity index (χ1v) is 13.4. The lowest BCUT2D eigenvalue weighted by molar-refractivity contribution is 0.369. The van der Waals surface area contributed by atoms with E-state index in [-0.39, 0.29) is 29.7 Å². The van der Waals surface area contributed by atoms with Gasteiger partial charge >= 0.3 is 0 Å². The Hall–Kier alpha value is -3.82. The van der Waals surface area contributed by atoms with Crippen LogP contribution in [0.25, 0.3) is 0 Å². The molecule has 37 heavy (non-hydrogen) atoms. The Balaban J connectivity index is 1.50. The second-order valence-corrected chi connectivity index (χ2v) is 11.0. The van der Waals surface area contributed by atoms with Crippen LogP contribution in [0.5, 0.6) is 11.6 Å². The summed E-state index contributed by atoms with van der Waals surface area (Å²) in [6, 6.07) is 22.5. The van der Waals surface area contributed by atoms with E-state index in [1.165, 1.54) is 28.6 Å². The zero-order chi connectivity index (χ0) is 26.0. The number of sulfonamides is 1. The fraction of sp³-hybridized carbons (Fsp3) is 0.214. The summed E-state index contributed by atoms with van der Waals surface area (Å²) >= 11 is 0. The van der Waals surface area contributed by atoms with Crippen LogP contribution in [0.4, 0.5) is 10.3 Å². The topological polar surface area (TPSA) is 75.6 Å². The fourth-order valence-corrected chi connectivity index (χ4v) is 5.79. The lowest BCUT2D eigenvalue weighted by Gasteiger charge is -2.29. The summed E-state index contributed by atoms with van der Waals surface area (Å²) in [6.07, 6.45) is 0.412. The summed E-state index contributed by atoms with van der Waals surface area (Å²) in [4.78, 5) is 11.6. The SMILES string of the molecule is Cc1cccc(S(=O)(=O)N2CCc3nc(N(C)Cc4ccccc4)nc(Oc4ccc(F)cc4)c3C2)c1. The van der Waals surface area contributed by atoms with E-state index in [2.05, 4.69) is 4.98 Å². The Morgan fingerprint density at radius 1 is 1.00 bits per heavy atom. The maximum absolute atomic E-state index is 13.5. The number of halogens is 1. The molecular weight excluding hydrogens is 491 g/mol. The monoisotopic (exact) mass is 518 g/mol. The predicted octanol–water partition coefficient (Wildman–Crippen LogP) is 5.10. The van der Waals surface area contributed by atoms with Crippen molar-refractivity contribution in [3.63, 3.8) is 0 Å². The number of nitrogens with zero attached hydrogens (tertiary/aromatic N) is 4. The van der Waals surface area contributed by atoms with Crippen molar-refractivity contribution < 1.29 is 17.5 Å². The molecule has 4 aromatic rings. The molecule has 1 aliphatic heterocycles. The third kappa shape index (κ3) is 5.47.